The molecule has 2 rings (SSSR count). The molecule has 0 atom stereocenters. The van der Waals surface area contributed by atoms with E-state index in [1.807, 2.05) is 0 Å². The van der Waals surface area contributed by atoms with Crippen molar-refractivity contribution in [3.8, 4) is 22.6 Å². The van der Waals surface area contributed by atoms with Gasteiger partial charge in [0.15, 0.2) is 0 Å². The van der Waals surface area contributed by atoms with Crippen molar-refractivity contribution in [2.75, 3.05) is 7.11 Å². The minimum absolute atomic E-state index is 0.00604. The maximum absolute atomic E-state index is 13.3. The summed E-state index contributed by atoms with van der Waals surface area (Å²) in [5.41, 5.74) is -0.854. The normalized spacial score (nSPS) is 11.4. The minimum Gasteiger partial charge on any atom is -0.508 e. The summed E-state index contributed by atoms with van der Waals surface area (Å²) in [7, 11) is 1.35. The Morgan fingerprint density at radius 3 is 2.20 bits per heavy atom. The van der Waals surface area contributed by atoms with Crippen molar-refractivity contribution in [2.24, 2.45) is 0 Å². The van der Waals surface area contributed by atoms with Crippen LogP contribution >= 0.6 is 0 Å². The maximum Gasteiger partial charge on any atom is 0.416 e. The molecule has 0 unspecified atom stereocenters. The van der Waals surface area contributed by atoms with Crippen LogP contribution in [0.4, 0.5) is 17.6 Å². The molecule has 0 bridgehead atoms. The molecule has 1 N–H and O–H groups in total. The van der Waals surface area contributed by atoms with Crippen LogP contribution in [0.2, 0.25) is 0 Å². The fraction of sp³-hybridized carbons (Fsp3) is 0.143. The molecule has 0 aromatic heterocycles. The van der Waals surface area contributed by atoms with E-state index in [1.165, 1.54) is 25.3 Å². The average molecular weight is 286 g/mol. The SMILES string of the molecule is COc1cc(O)cc(-c2cc(F)cc(C(F)(F)F)c2)c1. The Morgan fingerprint density at radius 1 is 0.950 bits per heavy atom. The summed E-state index contributed by atoms with van der Waals surface area (Å²) in [6.45, 7) is 0. The van der Waals surface area contributed by atoms with Gasteiger partial charge in [0.25, 0.3) is 0 Å². The molecule has 0 spiro atoms. The lowest BCUT2D eigenvalue weighted by atomic mass is 10.0. The van der Waals surface area contributed by atoms with Gasteiger partial charge in [-0.25, -0.2) is 4.39 Å². The highest BCUT2D eigenvalue weighted by Gasteiger charge is 2.31. The van der Waals surface area contributed by atoms with Crippen molar-refractivity contribution in [2.45, 2.75) is 6.18 Å². The number of halogens is 4. The smallest absolute Gasteiger partial charge is 0.416 e. The summed E-state index contributed by atoms with van der Waals surface area (Å²) in [6, 6.07) is 6.14. The van der Waals surface area contributed by atoms with E-state index in [9.17, 15) is 22.7 Å². The molecule has 0 saturated heterocycles. The van der Waals surface area contributed by atoms with E-state index < -0.39 is 17.6 Å². The van der Waals surface area contributed by atoms with Crippen molar-refractivity contribution in [1.29, 1.82) is 0 Å². The van der Waals surface area contributed by atoms with Crippen molar-refractivity contribution < 1.29 is 27.4 Å². The molecule has 0 heterocycles. The van der Waals surface area contributed by atoms with Gasteiger partial charge in [0.1, 0.15) is 17.3 Å². The molecule has 2 nitrogen and oxygen atoms in total. The number of aromatic hydroxyl groups is 1. The number of hydrogen-bond donors (Lipinski definition) is 1. The second-order valence-electron chi connectivity index (χ2n) is 4.15. The Balaban J connectivity index is 2.58. The summed E-state index contributed by atoms with van der Waals surface area (Å²) >= 11 is 0. The first kappa shape index (κ1) is 14.2. The number of phenols is 1. The van der Waals surface area contributed by atoms with Crippen molar-refractivity contribution in [1.82, 2.24) is 0 Å². The van der Waals surface area contributed by atoms with Crippen molar-refractivity contribution >= 4 is 0 Å². The van der Waals surface area contributed by atoms with E-state index >= 15 is 0 Å². The molecular formula is C14H10F4O2. The first-order chi connectivity index (χ1) is 9.29. The lowest BCUT2D eigenvalue weighted by molar-refractivity contribution is -0.137. The van der Waals surface area contributed by atoms with E-state index in [1.54, 1.807) is 0 Å². The lowest BCUT2D eigenvalue weighted by Gasteiger charge is -2.11. The summed E-state index contributed by atoms with van der Waals surface area (Å²) < 4.78 is 56.2. The molecule has 0 saturated carbocycles. The minimum atomic E-state index is -4.64. The number of ether oxygens (including phenoxy) is 1. The third-order valence-electron chi connectivity index (χ3n) is 2.69. The lowest BCUT2D eigenvalue weighted by Crippen LogP contribution is -2.05. The van der Waals surface area contributed by atoms with E-state index in [0.29, 0.717) is 6.07 Å². The summed E-state index contributed by atoms with van der Waals surface area (Å²) in [5, 5.41) is 9.49. The maximum atomic E-state index is 13.3. The largest absolute Gasteiger partial charge is 0.508 e. The Labute approximate surface area is 112 Å². The molecule has 20 heavy (non-hydrogen) atoms. The molecule has 2 aromatic carbocycles. The van der Waals surface area contributed by atoms with Gasteiger partial charge in [0, 0.05) is 6.07 Å². The standard InChI is InChI=1S/C14H10F4O2/c1-20-13-5-9(4-12(19)7-13)8-2-10(14(16,17)18)6-11(15)3-8/h2-7,19H,1H3. The molecule has 106 valence electrons. The van der Waals surface area contributed by atoms with Gasteiger partial charge in [-0.2, -0.15) is 13.2 Å². The van der Waals surface area contributed by atoms with Crippen LogP contribution < -0.4 is 4.74 Å². The fourth-order valence-electron chi connectivity index (χ4n) is 1.79. The molecule has 6 heteroatoms. The van der Waals surface area contributed by atoms with Gasteiger partial charge in [-0.3, -0.25) is 0 Å². The number of methoxy groups -OCH3 is 1. The molecule has 0 fully saturated rings. The highest BCUT2D eigenvalue weighted by molar-refractivity contribution is 5.68. The van der Waals surface area contributed by atoms with Crippen LogP contribution in [0.1, 0.15) is 5.56 Å². The number of alkyl halides is 3. The molecule has 0 aliphatic heterocycles. The highest BCUT2D eigenvalue weighted by Crippen LogP contribution is 2.35. The van der Waals surface area contributed by atoms with Crippen LogP contribution in [0.25, 0.3) is 11.1 Å². The number of hydrogen-bond acceptors (Lipinski definition) is 2. The van der Waals surface area contributed by atoms with Crippen LogP contribution in [0.3, 0.4) is 0 Å². The number of phenolic OH excluding ortho intramolecular Hbond substituents is 1. The van der Waals surface area contributed by atoms with Crippen LogP contribution in [-0.4, -0.2) is 12.2 Å². The third-order valence-corrected chi connectivity index (χ3v) is 2.69. The van der Waals surface area contributed by atoms with Gasteiger partial charge < -0.3 is 9.84 Å². The summed E-state index contributed by atoms with van der Waals surface area (Å²) in [6.07, 6.45) is -4.64. The first-order valence-corrected chi connectivity index (χ1v) is 5.56. The molecule has 0 radical (unpaired) electrons. The van der Waals surface area contributed by atoms with Gasteiger partial charge in [-0.1, -0.05) is 0 Å². The summed E-state index contributed by atoms with van der Waals surface area (Å²) in [5.74, 6) is -0.924. The second kappa shape index (κ2) is 5.03. The van der Waals surface area contributed by atoms with Crippen LogP contribution in [-0.2, 0) is 6.18 Å². The third kappa shape index (κ3) is 3.01. The highest BCUT2D eigenvalue weighted by atomic mass is 19.4. The van der Waals surface area contributed by atoms with E-state index in [-0.39, 0.29) is 22.6 Å². The van der Waals surface area contributed by atoms with E-state index in [4.69, 9.17) is 4.74 Å². The molecule has 0 aliphatic carbocycles. The Hall–Kier alpha value is -2.24. The Bertz CT molecular complexity index is 636. The molecule has 0 amide bonds. The Morgan fingerprint density at radius 2 is 1.60 bits per heavy atom. The number of rotatable bonds is 2. The molecular weight excluding hydrogens is 276 g/mol. The Kier molecular flexibility index (Phi) is 3.57. The van der Waals surface area contributed by atoms with Crippen molar-refractivity contribution in [3.63, 3.8) is 0 Å². The van der Waals surface area contributed by atoms with Gasteiger partial charge in [-0.05, 0) is 41.5 Å². The van der Waals surface area contributed by atoms with Crippen molar-refractivity contribution in [3.05, 3.63) is 47.8 Å². The zero-order chi connectivity index (χ0) is 14.9. The van der Waals surface area contributed by atoms with E-state index in [2.05, 4.69) is 0 Å². The summed E-state index contributed by atoms with van der Waals surface area (Å²) in [4.78, 5) is 0. The van der Waals surface area contributed by atoms with Crippen LogP contribution in [0.5, 0.6) is 11.5 Å². The average Bonchev–Trinajstić information content (AvgIpc) is 2.36. The first-order valence-electron chi connectivity index (χ1n) is 5.56. The van der Waals surface area contributed by atoms with Gasteiger partial charge in [-0.15, -0.1) is 0 Å². The topological polar surface area (TPSA) is 29.5 Å². The fourth-order valence-corrected chi connectivity index (χ4v) is 1.79. The van der Waals surface area contributed by atoms with Gasteiger partial charge >= 0.3 is 6.18 Å². The monoisotopic (exact) mass is 286 g/mol. The predicted octanol–water partition coefficient (Wildman–Crippen LogP) is 4.23. The van der Waals surface area contributed by atoms with Crippen LogP contribution in [0.15, 0.2) is 36.4 Å². The zero-order valence-corrected chi connectivity index (χ0v) is 10.3. The molecule has 0 aliphatic rings. The van der Waals surface area contributed by atoms with E-state index in [0.717, 1.165) is 12.1 Å². The van der Waals surface area contributed by atoms with Gasteiger partial charge in [0.2, 0.25) is 0 Å². The quantitative estimate of drug-likeness (QED) is 0.837. The van der Waals surface area contributed by atoms with Gasteiger partial charge in [0.05, 0.1) is 12.7 Å². The van der Waals surface area contributed by atoms with Crippen LogP contribution in [0, 0.1) is 5.82 Å². The number of benzene rings is 2. The molecule has 2 aromatic rings. The predicted molar refractivity (Wildman–Crippen MR) is 65.1 cm³/mol. The second-order valence-corrected chi connectivity index (χ2v) is 4.15. The zero-order valence-electron chi connectivity index (χ0n) is 10.3.